The average molecular weight is 277 g/mol. The zero-order chi connectivity index (χ0) is 13.6. The molecule has 5 nitrogen and oxygen atoms in total. The van der Waals surface area contributed by atoms with Gasteiger partial charge in [0.25, 0.3) is 5.69 Å². The van der Waals surface area contributed by atoms with Gasteiger partial charge < -0.3 is 5.32 Å². The number of nitrogens with one attached hydrogen (secondary N) is 1. The summed E-state index contributed by atoms with van der Waals surface area (Å²) in [5.74, 6) is 0. The number of nitro benzene ring substituents is 1. The number of aromatic nitrogens is 1. The number of fused-ring (bicyclic) bond motifs is 1. The average Bonchev–Trinajstić information content (AvgIpc) is 2.96. The molecular formula is C13H15N3O2S. The largest absolute Gasteiger partial charge is 0.379 e. The van der Waals surface area contributed by atoms with Crippen molar-refractivity contribution >= 4 is 32.9 Å². The second-order valence-electron chi connectivity index (χ2n) is 5.49. The highest BCUT2D eigenvalue weighted by Gasteiger charge is 2.37. The summed E-state index contributed by atoms with van der Waals surface area (Å²) < 4.78 is 0.868. The molecule has 0 amide bonds. The Bertz CT molecular complexity index is 661. The van der Waals surface area contributed by atoms with Gasteiger partial charge in [0.1, 0.15) is 5.69 Å². The fourth-order valence-electron chi connectivity index (χ4n) is 2.07. The van der Waals surface area contributed by atoms with E-state index in [1.54, 1.807) is 12.1 Å². The first-order valence-electron chi connectivity index (χ1n) is 6.26. The van der Waals surface area contributed by atoms with Crippen LogP contribution in [-0.2, 0) is 0 Å². The second kappa shape index (κ2) is 4.16. The molecular weight excluding hydrogens is 262 g/mol. The fraction of sp³-hybridized carbons (Fsp3) is 0.462. The lowest BCUT2D eigenvalue weighted by molar-refractivity contribution is -0.383. The van der Waals surface area contributed by atoms with Crippen LogP contribution in [0.5, 0.6) is 0 Å². The lowest BCUT2D eigenvalue weighted by atomic mass is 10.1. The molecule has 6 heteroatoms. The Morgan fingerprint density at radius 1 is 1.53 bits per heavy atom. The minimum Gasteiger partial charge on any atom is -0.379 e. The van der Waals surface area contributed by atoms with Gasteiger partial charge in [-0.1, -0.05) is 6.92 Å². The van der Waals surface area contributed by atoms with E-state index in [-0.39, 0.29) is 10.6 Å². The topological polar surface area (TPSA) is 68.1 Å². The van der Waals surface area contributed by atoms with Crippen LogP contribution in [0.2, 0.25) is 0 Å². The monoisotopic (exact) mass is 277 g/mol. The Morgan fingerprint density at radius 2 is 2.26 bits per heavy atom. The Labute approximate surface area is 114 Å². The van der Waals surface area contributed by atoms with Crippen molar-refractivity contribution in [1.29, 1.82) is 0 Å². The molecule has 19 heavy (non-hydrogen) atoms. The maximum absolute atomic E-state index is 11.2. The van der Waals surface area contributed by atoms with E-state index in [0.717, 1.165) is 21.8 Å². The predicted octanol–water partition coefficient (Wildman–Crippen LogP) is 3.72. The van der Waals surface area contributed by atoms with Gasteiger partial charge in [0.05, 0.1) is 20.1 Å². The van der Waals surface area contributed by atoms with E-state index in [0.29, 0.717) is 11.1 Å². The van der Waals surface area contributed by atoms with Crippen molar-refractivity contribution in [3.05, 3.63) is 27.3 Å². The van der Waals surface area contributed by atoms with E-state index >= 15 is 0 Å². The number of thiazole rings is 1. The van der Waals surface area contributed by atoms with Crippen LogP contribution >= 0.6 is 11.3 Å². The van der Waals surface area contributed by atoms with Crippen molar-refractivity contribution in [3.63, 3.8) is 0 Å². The van der Waals surface area contributed by atoms with Crippen LogP contribution in [0.1, 0.15) is 24.8 Å². The smallest absolute Gasteiger partial charge is 0.293 e. The van der Waals surface area contributed by atoms with Gasteiger partial charge in [-0.25, -0.2) is 4.98 Å². The Hall–Kier alpha value is -1.69. The number of hydrogen-bond donors (Lipinski definition) is 1. The quantitative estimate of drug-likeness (QED) is 0.683. The molecule has 1 fully saturated rings. The van der Waals surface area contributed by atoms with E-state index < -0.39 is 0 Å². The zero-order valence-electron chi connectivity index (χ0n) is 10.9. The zero-order valence-corrected chi connectivity index (χ0v) is 11.7. The van der Waals surface area contributed by atoms with Crippen molar-refractivity contribution in [2.45, 2.75) is 26.7 Å². The Morgan fingerprint density at radius 3 is 2.89 bits per heavy atom. The van der Waals surface area contributed by atoms with E-state index in [4.69, 9.17) is 0 Å². The molecule has 1 aromatic carbocycles. The minimum absolute atomic E-state index is 0.139. The third kappa shape index (κ3) is 2.40. The summed E-state index contributed by atoms with van der Waals surface area (Å²) in [5.41, 5.74) is 1.86. The molecule has 0 radical (unpaired) electrons. The SMILES string of the molecule is Cc1nc2cc(NCC3(C)CC3)c([N+](=O)[O-])cc2s1. The summed E-state index contributed by atoms with van der Waals surface area (Å²) in [6.45, 7) is 4.88. The standard InChI is InChI=1S/C13H15N3O2S/c1-8-15-10-5-9(14-7-13(2)3-4-13)11(16(17)18)6-12(10)19-8/h5-6,14H,3-4,7H2,1-2H3. The van der Waals surface area contributed by atoms with E-state index in [9.17, 15) is 10.1 Å². The number of benzene rings is 1. The van der Waals surface area contributed by atoms with Gasteiger partial charge in [-0.3, -0.25) is 10.1 Å². The molecule has 2 aromatic rings. The van der Waals surface area contributed by atoms with Gasteiger partial charge in [-0.15, -0.1) is 11.3 Å². The van der Waals surface area contributed by atoms with Crippen LogP contribution in [0.3, 0.4) is 0 Å². The number of nitrogens with zero attached hydrogens (tertiary/aromatic N) is 2. The van der Waals surface area contributed by atoms with Crippen molar-refractivity contribution in [1.82, 2.24) is 4.98 Å². The lowest BCUT2D eigenvalue weighted by Gasteiger charge is -2.11. The molecule has 0 aliphatic heterocycles. The van der Waals surface area contributed by atoms with Crippen LogP contribution in [0, 0.1) is 22.5 Å². The molecule has 1 heterocycles. The molecule has 0 bridgehead atoms. The molecule has 0 saturated heterocycles. The predicted molar refractivity (Wildman–Crippen MR) is 76.8 cm³/mol. The summed E-state index contributed by atoms with van der Waals surface area (Å²) in [5, 5.41) is 15.3. The van der Waals surface area contributed by atoms with Crippen LogP contribution in [0.25, 0.3) is 10.2 Å². The minimum atomic E-state index is -0.327. The maximum Gasteiger partial charge on any atom is 0.293 e. The molecule has 0 unspecified atom stereocenters. The molecule has 1 aromatic heterocycles. The first kappa shape index (κ1) is 12.3. The number of hydrogen-bond acceptors (Lipinski definition) is 5. The van der Waals surface area contributed by atoms with Crippen LogP contribution in [-0.4, -0.2) is 16.5 Å². The molecule has 1 saturated carbocycles. The highest BCUT2D eigenvalue weighted by Crippen LogP contribution is 2.45. The molecule has 0 atom stereocenters. The second-order valence-corrected chi connectivity index (χ2v) is 6.73. The highest BCUT2D eigenvalue weighted by atomic mass is 32.1. The van der Waals surface area contributed by atoms with Crippen LogP contribution < -0.4 is 5.32 Å². The molecule has 0 spiro atoms. The number of rotatable bonds is 4. The normalized spacial score (nSPS) is 16.5. The van der Waals surface area contributed by atoms with Gasteiger partial charge >= 0.3 is 0 Å². The van der Waals surface area contributed by atoms with E-state index in [1.807, 2.05) is 6.92 Å². The summed E-state index contributed by atoms with van der Waals surface area (Å²) in [6, 6.07) is 3.42. The number of anilines is 1. The van der Waals surface area contributed by atoms with Crippen molar-refractivity contribution < 1.29 is 4.92 Å². The van der Waals surface area contributed by atoms with Crippen LogP contribution in [0.4, 0.5) is 11.4 Å². The molecule has 3 rings (SSSR count). The molecule has 1 N–H and O–H groups in total. The van der Waals surface area contributed by atoms with Gasteiger partial charge in [-0.2, -0.15) is 0 Å². The summed E-state index contributed by atoms with van der Waals surface area (Å²) in [4.78, 5) is 15.2. The van der Waals surface area contributed by atoms with Gasteiger partial charge in [0.2, 0.25) is 0 Å². The molecule has 1 aliphatic carbocycles. The van der Waals surface area contributed by atoms with Crippen molar-refractivity contribution in [3.8, 4) is 0 Å². The van der Waals surface area contributed by atoms with Gasteiger partial charge in [0, 0.05) is 12.6 Å². The summed E-state index contributed by atoms with van der Waals surface area (Å²) >= 11 is 1.49. The Balaban J connectivity index is 1.99. The highest BCUT2D eigenvalue weighted by molar-refractivity contribution is 7.18. The molecule has 1 aliphatic rings. The first-order chi connectivity index (χ1) is 8.97. The maximum atomic E-state index is 11.2. The summed E-state index contributed by atoms with van der Waals surface area (Å²) in [7, 11) is 0. The fourth-order valence-corrected chi connectivity index (χ4v) is 2.91. The number of nitro groups is 1. The third-order valence-corrected chi connectivity index (χ3v) is 4.55. The first-order valence-corrected chi connectivity index (χ1v) is 7.08. The summed E-state index contributed by atoms with van der Waals surface area (Å²) in [6.07, 6.45) is 2.37. The van der Waals surface area contributed by atoms with Crippen molar-refractivity contribution in [2.24, 2.45) is 5.41 Å². The third-order valence-electron chi connectivity index (χ3n) is 3.62. The number of aryl methyl sites for hydroxylation is 1. The van der Waals surface area contributed by atoms with E-state index in [1.165, 1.54) is 24.2 Å². The van der Waals surface area contributed by atoms with Gasteiger partial charge in [0.15, 0.2) is 0 Å². The van der Waals surface area contributed by atoms with E-state index in [2.05, 4.69) is 17.2 Å². The van der Waals surface area contributed by atoms with Crippen LogP contribution in [0.15, 0.2) is 12.1 Å². The van der Waals surface area contributed by atoms with Crippen molar-refractivity contribution in [2.75, 3.05) is 11.9 Å². The lowest BCUT2D eigenvalue weighted by Crippen LogP contribution is -2.12. The molecule has 100 valence electrons. The Kier molecular flexibility index (Phi) is 2.70. The van der Waals surface area contributed by atoms with Gasteiger partial charge in [-0.05, 0) is 31.2 Å².